The molecule has 0 fully saturated rings. The van der Waals surface area contributed by atoms with Crippen molar-refractivity contribution in [1.29, 1.82) is 0 Å². The maximum Gasteiger partial charge on any atom is 0.329 e. The van der Waals surface area contributed by atoms with E-state index in [9.17, 15) is 14.4 Å². The van der Waals surface area contributed by atoms with Crippen LogP contribution in [-0.4, -0.2) is 36.5 Å². The molecule has 7 heteroatoms. The first-order valence-corrected chi connectivity index (χ1v) is 8.67. The molecule has 2 N–H and O–H groups in total. The number of carbonyl (C=O) groups excluding carboxylic acids is 3. The maximum atomic E-state index is 12.4. The van der Waals surface area contributed by atoms with E-state index in [1.54, 1.807) is 31.2 Å². The number of esters is 1. The second-order valence-corrected chi connectivity index (χ2v) is 6.57. The second kappa shape index (κ2) is 10.0. The molecule has 0 radical (unpaired) electrons. The van der Waals surface area contributed by atoms with Gasteiger partial charge in [-0.2, -0.15) is 0 Å². The normalized spacial score (nSPS) is 13.0. The Bertz CT molecular complexity index is 602. The molecular formula is C18H25ClN2O4. The van der Waals surface area contributed by atoms with Gasteiger partial charge in [0.1, 0.15) is 6.04 Å². The monoisotopic (exact) mass is 368 g/mol. The number of hydrogen-bond donors (Lipinski definition) is 2. The van der Waals surface area contributed by atoms with Gasteiger partial charge < -0.3 is 15.4 Å². The van der Waals surface area contributed by atoms with Gasteiger partial charge in [0.2, 0.25) is 0 Å². The van der Waals surface area contributed by atoms with Crippen molar-refractivity contribution in [3.63, 3.8) is 0 Å². The molecule has 0 aliphatic rings. The Morgan fingerprint density at radius 2 is 1.72 bits per heavy atom. The van der Waals surface area contributed by atoms with Gasteiger partial charge >= 0.3 is 5.97 Å². The Morgan fingerprint density at radius 3 is 2.24 bits per heavy atom. The number of likely N-dealkylation sites (N-methyl/N-ethyl adjacent to an activating group) is 1. The lowest BCUT2D eigenvalue weighted by Gasteiger charge is -2.21. The summed E-state index contributed by atoms with van der Waals surface area (Å²) in [5, 5.41) is 5.78. The van der Waals surface area contributed by atoms with Crippen LogP contribution < -0.4 is 10.6 Å². The summed E-state index contributed by atoms with van der Waals surface area (Å²) in [6.07, 6.45) is -0.519. The van der Waals surface area contributed by atoms with Gasteiger partial charge in [0.05, 0.1) is 0 Å². The zero-order chi connectivity index (χ0) is 19.0. The van der Waals surface area contributed by atoms with E-state index in [0.717, 1.165) is 0 Å². The molecule has 0 saturated carbocycles. The largest absolute Gasteiger partial charge is 0.451 e. The summed E-state index contributed by atoms with van der Waals surface area (Å²) >= 11 is 5.81. The quantitative estimate of drug-likeness (QED) is 0.690. The molecule has 2 atom stereocenters. The molecule has 0 unspecified atom stereocenters. The predicted molar refractivity (Wildman–Crippen MR) is 96.4 cm³/mol. The third kappa shape index (κ3) is 7.13. The number of hydrogen-bond acceptors (Lipinski definition) is 4. The smallest absolute Gasteiger partial charge is 0.329 e. The number of amides is 2. The number of carbonyl (C=O) groups is 3. The minimum atomic E-state index is -0.922. The van der Waals surface area contributed by atoms with E-state index in [0.29, 0.717) is 23.6 Å². The van der Waals surface area contributed by atoms with Gasteiger partial charge in [0.25, 0.3) is 11.8 Å². The Balaban J connectivity index is 2.78. The Morgan fingerprint density at radius 1 is 1.12 bits per heavy atom. The lowest BCUT2D eigenvalue weighted by molar-refractivity contribution is -0.156. The first-order chi connectivity index (χ1) is 11.7. The van der Waals surface area contributed by atoms with Crippen LogP contribution in [0.1, 0.15) is 44.5 Å². The molecule has 1 aromatic carbocycles. The molecule has 1 rings (SSSR count). The van der Waals surface area contributed by atoms with Gasteiger partial charge in [-0.1, -0.05) is 25.4 Å². The third-order valence-corrected chi connectivity index (χ3v) is 3.67. The Labute approximate surface area is 153 Å². The van der Waals surface area contributed by atoms with Crippen LogP contribution in [0.25, 0.3) is 0 Å². The standard InChI is InChI=1S/C18H25ClN2O4/c1-5-20-16(22)12(4)25-18(24)15(10-11(2)3)21-17(23)13-6-8-14(19)9-7-13/h6-9,11-12,15H,5,10H2,1-4H3,(H,20,22)(H,21,23)/t12-,15+/m1/s1. The molecule has 1 aromatic rings. The number of benzene rings is 1. The summed E-state index contributed by atoms with van der Waals surface area (Å²) in [7, 11) is 0. The van der Waals surface area contributed by atoms with Crippen LogP contribution in [0, 0.1) is 5.92 Å². The van der Waals surface area contributed by atoms with Crippen molar-refractivity contribution >= 4 is 29.4 Å². The number of halogens is 1. The van der Waals surface area contributed by atoms with Crippen LogP contribution >= 0.6 is 11.6 Å². The van der Waals surface area contributed by atoms with Crippen LogP contribution in [-0.2, 0) is 14.3 Å². The molecule has 0 saturated heterocycles. The Kier molecular flexibility index (Phi) is 8.41. The molecule has 0 aromatic heterocycles. The van der Waals surface area contributed by atoms with Crippen molar-refractivity contribution in [3.05, 3.63) is 34.9 Å². The van der Waals surface area contributed by atoms with Gasteiger partial charge in [-0.15, -0.1) is 0 Å². The van der Waals surface area contributed by atoms with E-state index in [4.69, 9.17) is 16.3 Å². The van der Waals surface area contributed by atoms with Crippen molar-refractivity contribution in [1.82, 2.24) is 10.6 Å². The molecule has 0 heterocycles. The van der Waals surface area contributed by atoms with E-state index in [2.05, 4.69) is 10.6 Å². The summed E-state index contributed by atoms with van der Waals surface area (Å²) in [5.41, 5.74) is 0.391. The molecule has 0 aliphatic carbocycles. The fourth-order valence-electron chi connectivity index (χ4n) is 2.16. The maximum absolute atomic E-state index is 12.4. The SMILES string of the molecule is CCNC(=O)[C@@H](C)OC(=O)[C@H](CC(C)C)NC(=O)c1ccc(Cl)cc1. The van der Waals surface area contributed by atoms with Crippen LogP contribution in [0.2, 0.25) is 5.02 Å². The highest BCUT2D eigenvalue weighted by Crippen LogP contribution is 2.12. The van der Waals surface area contributed by atoms with E-state index < -0.39 is 24.0 Å². The molecule has 0 spiro atoms. The average molecular weight is 369 g/mol. The fourth-order valence-corrected chi connectivity index (χ4v) is 2.28. The van der Waals surface area contributed by atoms with E-state index in [1.165, 1.54) is 6.92 Å². The van der Waals surface area contributed by atoms with Gasteiger partial charge in [0.15, 0.2) is 6.10 Å². The van der Waals surface area contributed by atoms with Gasteiger partial charge in [-0.05, 0) is 50.5 Å². The summed E-state index contributed by atoms with van der Waals surface area (Å²) in [6, 6.07) is 5.52. The highest BCUT2D eigenvalue weighted by atomic mass is 35.5. The number of ether oxygens (including phenoxy) is 1. The molecule has 6 nitrogen and oxygen atoms in total. The van der Waals surface area contributed by atoms with Gasteiger partial charge in [-0.25, -0.2) is 4.79 Å². The molecule has 138 valence electrons. The molecule has 25 heavy (non-hydrogen) atoms. The lowest BCUT2D eigenvalue weighted by Crippen LogP contribution is -2.45. The zero-order valence-corrected chi connectivity index (χ0v) is 15.7. The first-order valence-electron chi connectivity index (χ1n) is 8.29. The molecular weight excluding hydrogens is 344 g/mol. The van der Waals surface area contributed by atoms with Crippen molar-refractivity contribution in [2.24, 2.45) is 5.92 Å². The average Bonchev–Trinajstić information content (AvgIpc) is 2.54. The van der Waals surface area contributed by atoms with Crippen LogP contribution in [0.5, 0.6) is 0 Å². The summed E-state index contributed by atoms with van der Waals surface area (Å²) in [4.78, 5) is 36.4. The summed E-state index contributed by atoms with van der Waals surface area (Å²) in [5.74, 6) is -1.24. The van der Waals surface area contributed by atoms with E-state index in [-0.39, 0.29) is 11.8 Å². The summed E-state index contributed by atoms with van der Waals surface area (Å²) in [6.45, 7) is 7.59. The van der Waals surface area contributed by atoms with Gasteiger partial charge in [0, 0.05) is 17.1 Å². The van der Waals surface area contributed by atoms with Gasteiger partial charge in [-0.3, -0.25) is 9.59 Å². The first kappa shape index (κ1) is 21.0. The highest BCUT2D eigenvalue weighted by molar-refractivity contribution is 6.30. The third-order valence-electron chi connectivity index (χ3n) is 3.42. The minimum absolute atomic E-state index is 0.155. The molecule has 0 aliphatic heterocycles. The van der Waals surface area contributed by atoms with Crippen molar-refractivity contribution in [2.45, 2.75) is 46.3 Å². The van der Waals surface area contributed by atoms with Crippen molar-refractivity contribution < 1.29 is 19.1 Å². The molecule has 2 amide bonds. The zero-order valence-electron chi connectivity index (χ0n) is 15.0. The van der Waals surface area contributed by atoms with E-state index in [1.807, 2.05) is 13.8 Å². The number of nitrogens with one attached hydrogen (secondary N) is 2. The predicted octanol–water partition coefficient (Wildman–Crippen LogP) is 2.55. The Hall–Kier alpha value is -2.08. The second-order valence-electron chi connectivity index (χ2n) is 6.14. The molecule has 0 bridgehead atoms. The van der Waals surface area contributed by atoms with Crippen molar-refractivity contribution in [3.8, 4) is 0 Å². The van der Waals surface area contributed by atoms with E-state index >= 15 is 0 Å². The van der Waals surface area contributed by atoms with Crippen LogP contribution in [0.4, 0.5) is 0 Å². The summed E-state index contributed by atoms with van der Waals surface area (Å²) < 4.78 is 5.20. The lowest BCUT2D eigenvalue weighted by atomic mass is 10.0. The highest BCUT2D eigenvalue weighted by Gasteiger charge is 2.27. The van der Waals surface area contributed by atoms with Crippen LogP contribution in [0.3, 0.4) is 0 Å². The van der Waals surface area contributed by atoms with Crippen LogP contribution in [0.15, 0.2) is 24.3 Å². The topological polar surface area (TPSA) is 84.5 Å². The minimum Gasteiger partial charge on any atom is -0.451 e. The van der Waals surface area contributed by atoms with Crippen molar-refractivity contribution in [2.75, 3.05) is 6.54 Å². The fraction of sp³-hybridized carbons (Fsp3) is 0.500. The number of rotatable bonds is 8.